The van der Waals surface area contributed by atoms with Crippen molar-refractivity contribution < 1.29 is 8.78 Å². The van der Waals surface area contributed by atoms with Crippen LogP contribution >= 0.6 is 0 Å². The predicted octanol–water partition coefficient (Wildman–Crippen LogP) is 4.01. The number of aryl methyl sites for hydroxylation is 1. The van der Waals surface area contributed by atoms with Crippen LogP contribution in [0.5, 0.6) is 0 Å². The second-order valence-electron chi connectivity index (χ2n) is 7.28. The first-order valence-corrected chi connectivity index (χ1v) is 9.87. The number of benzene rings is 1. The summed E-state index contributed by atoms with van der Waals surface area (Å²) >= 11 is 0. The van der Waals surface area contributed by atoms with E-state index in [0.717, 1.165) is 41.7 Å². The average molecular weight is 398 g/mol. The third-order valence-corrected chi connectivity index (χ3v) is 5.22. The number of hydrogen-bond donors (Lipinski definition) is 2. The fourth-order valence-electron chi connectivity index (χ4n) is 3.67. The first-order chi connectivity index (χ1) is 14.2. The highest BCUT2D eigenvalue weighted by Gasteiger charge is 2.19. The molecule has 2 aromatic heterocycles. The molecule has 2 atom stereocenters. The first-order valence-electron chi connectivity index (χ1n) is 9.87. The Morgan fingerprint density at radius 3 is 3.00 bits per heavy atom. The maximum Gasteiger partial charge on any atom is 0.161 e. The molecule has 0 amide bonds. The molecule has 0 saturated carbocycles. The molecule has 1 aliphatic heterocycles. The quantitative estimate of drug-likeness (QED) is 0.563. The zero-order chi connectivity index (χ0) is 20.2. The monoisotopic (exact) mass is 398 g/mol. The third-order valence-electron chi connectivity index (χ3n) is 5.22. The summed E-state index contributed by atoms with van der Waals surface area (Å²) in [5.41, 5.74) is 6.63. The Labute approximate surface area is 168 Å². The van der Waals surface area contributed by atoms with E-state index in [4.69, 9.17) is 4.98 Å². The number of nitrogens with zero attached hydrogens (tertiary/aromatic N) is 4. The number of anilines is 1. The molecule has 0 bridgehead atoms. The molecule has 29 heavy (non-hydrogen) atoms. The van der Waals surface area contributed by atoms with Gasteiger partial charge in [0, 0.05) is 30.4 Å². The van der Waals surface area contributed by atoms with Gasteiger partial charge in [-0.1, -0.05) is 6.07 Å². The van der Waals surface area contributed by atoms with Crippen molar-refractivity contribution in [2.24, 2.45) is 5.10 Å². The van der Waals surface area contributed by atoms with E-state index in [1.165, 1.54) is 6.07 Å². The zero-order valence-corrected chi connectivity index (χ0v) is 16.3. The molecular weight excluding hydrogens is 374 g/mol. The summed E-state index contributed by atoms with van der Waals surface area (Å²) in [6.07, 6.45) is 7.50. The lowest BCUT2D eigenvalue weighted by Crippen LogP contribution is -2.12. The van der Waals surface area contributed by atoms with Crippen LogP contribution in [0.2, 0.25) is 0 Å². The topological polar surface area (TPSA) is 66.6 Å². The number of aromatic nitrogens is 3. The summed E-state index contributed by atoms with van der Waals surface area (Å²) in [5, 5.41) is 11.8. The Bertz CT molecular complexity index is 1020. The maximum atomic E-state index is 13.9. The van der Waals surface area contributed by atoms with Crippen molar-refractivity contribution in [3.05, 3.63) is 59.2 Å². The van der Waals surface area contributed by atoms with Gasteiger partial charge < -0.3 is 10.7 Å². The van der Waals surface area contributed by atoms with E-state index >= 15 is 0 Å². The number of alkyl halides is 1. The lowest BCUT2D eigenvalue weighted by atomic mass is 9.97. The van der Waals surface area contributed by atoms with E-state index in [1.54, 1.807) is 16.6 Å². The van der Waals surface area contributed by atoms with E-state index in [2.05, 4.69) is 20.9 Å². The number of nitrogens with one attached hydrogen (secondary N) is 2. The van der Waals surface area contributed by atoms with E-state index in [-0.39, 0.29) is 24.5 Å². The lowest BCUT2D eigenvalue weighted by Gasteiger charge is -2.19. The molecular formula is C21H24F2N6. The van der Waals surface area contributed by atoms with Gasteiger partial charge >= 0.3 is 0 Å². The molecule has 0 radical (unpaired) electrons. The molecule has 3 aromatic rings. The van der Waals surface area contributed by atoms with Crippen LogP contribution in [0.3, 0.4) is 0 Å². The van der Waals surface area contributed by atoms with Crippen LogP contribution < -0.4 is 10.7 Å². The number of hydrogen-bond acceptors (Lipinski definition) is 5. The van der Waals surface area contributed by atoms with Crippen LogP contribution in [0.15, 0.2) is 41.8 Å². The molecule has 8 heteroatoms. The van der Waals surface area contributed by atoms with Crippen LogP contribution in [-0.4, -0.2) is 34.0 Å². The maximum absolute atomic E-state index is 13.9. The van der Waals surface area contributed by atoms with Crippen LogP contribution in [0.4, 0.5) is 14.6 Å². The van der Waals surface area contributed by atoms with Crippen molar-refractivity contribution >= 4 is 17.7 Å². The fourth-order valence-corrected chi connectivity index (χ4v) is 3.67. The molecule has 2 unspecified atom stereocenters. The van der Waals surface area contributed by atoms with Crippen LogP contribution in [0.1, 0.15) is 48.4 Å². The van der Waals surface area contributed by atoms with Crippen molar-refractivity contribution in [1.82, 2.24) is 20.0 Å². The highest BCUT2D eigenvalue weighted by molar-refractivity contribution is 5.73. The Morgan fingerprint density at radius 2 is 2.21 bits per heavy atom. The molecule has 1 aliphatic rings. The van der Waals surface area contributed by atoms with Crippen molar-refractivity contribution in [3.63, 3.8) is 0 Å². The summed E-state index contributed by atoms with van der Waals surface area (Å²) in [7, 11) is 0. The third kappa shape index (κ3) is 4.21. The zero-order valence-electron chi connectivity index (χ0n) is 16.3. The number of halogens is 2. The average Bonchev–Trinajstić information content (AvgIpc) is 3.38. The van der Waals surface area contributed by atoms with Gasteiger partial charge in [-0.3, -0.25) is 4.39 Å². The number of unbranched alkanes of at least 4 members (excludes halogenated alkanes) is 1. The number of hydrazone groups is 1. The molecule has 3 heterocycles. The van der Waals surface area contributed by atoms with E-state index < -0.39 is 0 Å². The van der Waals surface area contributed by atoms with Gasteiger partial charge in [-0.25, -0.2) is 13.9 Å². The Hall–Kier alpha value is -3.03. The summed E-state index contributed by atoms with van der Waals surface area (Å²) in [6, 6.07) is 6.50. The summed E-state index contributed by atoms with van der Waals surface area (Å²) in [6.45, 7) is 2.37. The normalized spacial score (nSPS) is 16.9. The minimum Gasteiger partial charge on any atom is -0.363 e. The van der Waals surface area contributed by atoms with Gasteiger partial charge in [0.2, 0.25) is 0 Å². The Morgan fingerprint density at radius 1 is 1.31 bits per heavy atom. The highest BCUT2D eigenvalue weighted by Crippen LogP contribution is 2.26. The second-order valence-corrected chi connectivity index (χ2v) is 7.28. The van der Waals surface area contributed by atoms with Gasteiger partial charge in [0.1, 0.15) is 11.6 Å². The van der Waals surface area contributed by atoms with Crippen molar-refractivity contribution in [3.8, 4) is 0 Å². The fraction of sp³-hybridized carbons (Fsp3) is 0.381. The van der Waals surface area contributed by atoms with Crippen LogP contribution in [0.25, 0.3) is 5.65 Å². The Kier molecular flexibility index (Phi) is 5.69. The standard InChI is InChI=1S/C21H24F2N6/c1-14(18-10-17(23)6-5-15(18)4-2-3-8-22)27-20-7-9-29-21(28-20)19(13-26-29)16-11-24-25-12-16/h5-7,9-11,13-14,16,25H,2-4,8,12H2,1H3,(H,27,28). The van der Waals surface area contributed by atoms with Crippen molar-refractivity contribution in [2.75, 3.05) is 18.5 Å². The molecule has 6 nitrogen and oxygen atoms in total. The first kappa shape index (κ1) is 19.3. The molecule has 1 aromatic carbocycles. The predicted molar refractivity (Wildman–Crippen MR) is 110 cm³/mol. The van der Waals surface area contributed by atoms with Gasteiger partial charge in [0.05, 0.1) is 18.9 Å². The van der Waals surface area contributed by atoms with Gasteiger partial charge in [-0.05, 0) is 55.5 Å². The molecule has 4 rings (SSSR count). The van der Waals surface area contributed by atoms with Gasteiger partial charge in [-0.2, -0.15) is 10.2 Å². The number of fused-ring (bicyclic) bond motifs is 1. The lowest BCUT2D eigenvalue weighted by molar-refractivity contribution is 0.461. The van der Waals surface area contributed by atoms with E-state index in [9.17, 15) is 8.78 Å². The van der Waals surface area contributed by atoms with Gasteiger partial charge in [0.25, 0.3) is 0 Å². The minimum absolute atomic E-state index is 0.137. The van der Waals surface area contributed by atoms with Crippen molar-refractivity contribution in [1.29, 1.82) is 0 Å². The van der Waals surface area contributed by atoms with Crippen molar-refractivity contribution in [2.45, 2.75) is 38.1 Å². The van der Waals surface area contributed by atoms with Gasteiger partial charge in [0.15, 0.2) is 5.65 Å². The molecule has 0 aliphatic carbocycles. The van der Waals surface area contributed by atoms with Crippen LogP contribution in [-0.2, 0) is 6.42 Å². The smallest absolute Gasteiger partial charge is 0.161 e. The largest absolute Gasteiger partial charge is 0.363 e. The molecule has 152 valence electrons. The van der Waals surface area contributed by atoms with E-state index in [1.807, 2.05) is 31.6 Å². The van der Waals surface area contributed by atoms with Gasteiger partial charge in [-0.15, -0.1) is 0 Å². The molecule has 0 fully saturated rings. The molecule has 0 saturated heterocycles. The summed E-state index contributed by atoms with van der Waals surface area (Å²) in [4.78, 5) is 4.73. The minimum atomic E-state index is -0.330. The second kappa shape index (κ2) is 8.55. The SMILES string of the molecule is CC(Nc1ccn2ncc(C3C=NNC3)c2n1)c1cc(F)ccc1CCCCF. The highest BCUT2D eigenvalue weighted by atomic mass is 19.1. The number of rotatable bonds is 8. The molecule has 2 N–H and O–H groups in total. The molecule has 0 spiro atoms. The summed E-state index contributed by atoms with van der Waals surface area (Å²) in [5.74, 6) is 0.545. The summed E-state index contributed by atoms with van der Waals surface area (Å²) < 4.78 is 28.1. The van der Waals surface area contributed by atoms with Crippen LogP contribution in [0, 0.1) is 5.82 Å². The Balaban J connectivity index is 1.57. The van der Waals surface area contributed by atoms with E-state index in [0.29, 0.717) is 12.2 Å².